The molecule has 0 bridgehead atoms. The minimum atomic E-state index is 0.151. The number of halogens is 1. The van der Waals surface area contributed by atoms with Crippen molar-refractivity contribution in [3.05, 3.63) is 28.8 Å². The maximum atomic E-state index is 5.95. The summed E-state index contributed by atoms with van der Waals surface area (Å²) in [5.41, 5.74) is 6.98. The van der Waals surface area contributed by atoms with Gasteiger partial charge in [-0.15, -0.1) is 0 Å². The van der Waals surface area contributed by atoms with Crippen molar-refractivity contribution < 1.29 is 4.74 Å². The van der Waals surface area contributed by atoms with E-state index in [1.54, 1.807) is 0 Å². The lowest BCUT2D eigenvalue weighted by atomic mass is 10.2. The Balaban J connectivity index is 2.33. The van der Waals surface area contributed by atoms with Crippen LogP contribution in [0.25, 0.3) is 0 Å². The highest BCUT2D eigenvalue weighted by molar-refractivity contribution is 6.31. The molecule has 0 aliphatic heterocycles. The fourth-order valence-corrected chi connectivity index (χ4v) is 1.71. The zero-order valence-corrected chi connectivity index (χ0v) is 11.5. The van der Waals surface area contributed by atoms with Gasteiger partial charge in [-0.3, -0.25) is 0 Å². The molecule has 3 nitrogen and oxygen atoms in total. The van der Waals surface area contributed by atoms with Crippen LogP contribution >= 0.6 is 11.6 Å². The molecule has 1 rings (SSSR count). The Bertz CT molecular complexity index is 355. The van der Waals surface area contributed by atoms with Crippen molar-refractivity contribution in [2.75, 3.05) is 27.2 Å². The summed E-state index contributed by atoms with van der Waals surface area (Å²) in [6.07, 6.45) is 0.847. The van der Waals surface area contributed by atoms with Gasteiger partial charge in [-0.05, 0) is 51.2 Å². The second kappa shape index (κ2) is 6.84. The number of aryl methyl sites for hydroxylation is 1. The van der Waals surface area contributed by atoms with Crippen LogP contribution in [-0.2, 0) is 0 Å². The predicted octanol–water partition coefficient (Wildman–Crippen LogP) is 2.31. The van der Waals surface area contributed by atoms with Crippen molar-refractivity contribution in [2.45, 2.75) is 19.4 Å². The second-order valence-electron chi connectivity index (χ2n) is 4.57. The molecular formula is C13H21ClN2O. The molecule has 1 unspecified atom stereocenters. The molecule has 0 aromatic heterocycles. The fraction of sp³-hybridized carbons (Fsp3) is 0.538. The zero-order chi connectivity index (χ0) is 12.8. The van der Waals surface area contributed by atoms with Gasteiger partial charge in [0.1, 0.15) is 5.75 Å². The van der Waals surface area contributed by atoms with Crippen molar-refractivity contribution in [3.63, 3.8) is 0 Å². The van der Waals surface area contributed by atoms with Crippen LogP contribution in [0.15, 0.2) is 18.2 Å². The number of hydrogen-bond donors (Lipinski definition) is 1. The van der Waals surface area contributed by atoms with Gasteiger partial charge < -0.3 is 15.4 Å². The van der Waals surface area contributed by atoms with E-state index < -0.39 is 0 Å². The molecule has 0 saturated carbocycles. The Labute approximate surface area is 109 Å². The number of nitrogens with zero attached hydrogens (tertiary/aromatic N) is 1. The molecule has 4 heteroatoms. The molecule has 1 aromatic carbocycles. The molecule has 1 atom stereocenters. The predicted molar refractivity (Wildman–Crippen MR) is 72.8 cm³/mol. The van der Waals surface area contributed by atoms with Crippen molar-refractivity contribution in [3.8, 4) is 5.75 Å². The molecule has 0 radical (unpaired) electrons. The molecule has 0 heterocycles. The smallest absolute Gasteiger partial charge is 0.119 e. The van der Waals surface area contributed by atoms with Gasteiger partial charge in [0.2, 0.25) is 0 Å². The lowest BCUT2D eigenvalue weighted by Gasteiger charge is -2.17. The molecule has 0 aliphatic rings. The quantitative estimate of drug-likeness (QED) is 0.849. The monoisotopic (exact) mass is 256 g/mol. The summed E-state index contributed by atoms with van der Waals surface area (Å²) in [6, 6.07) is 5.83. The molecule has 0 amide bonds. The summed E-state index contributed by atoms with van der Waals surface area (Å²) in [6.45, 7) is 3.48. The number of nitrogens with two attached hydrogens (primary N) is 1. The van der Waals surface area contributed by atoms with Crippen LogP contribution in [0.5, 0.6) is 5.75 Å². The fourth-order valence-electron chi connectivity index (χ4n) is 1.60. The number of likely N-dealkylation sites (N-methyl/N-ethyl adjacent to an activating group) is 1. The summed E-state index contributed by atoms with van der Waals surface area (Å²) < 4.78 is 5.64. The zero-order valence-electron chi connectivity index (χ0n) is 10.7. The summed E-state index contributed by atoms with van der Waals surface area (Å²) in [5.74, 6) is 0.851. The maximum absolute atomic E-state index is 5.95. The lowest BCUT2D eigenvalue weighted by molar-refractivity contribution is 0.277. The number of ether oxygens (including phenoxy) is 1. The lowest BCUT2D eigenvalue weighted by Crippen LogP contribution is -2.34. The average molecular weight is 257 g/mol. The topological polar surface area (TPSA) is 38.5 Å². The highest BCUT2D eigenvalue weighted by Gasteiger charge is 2.04. The van der Waals surface area contributed by atoms with E-state index in [9.17, 15) is 0 Å². The van der Waals surface area contributed by atoms with Gasteiger partial charge in [0.15, 0.2) is 0 Å². The van der Waals surface area contributed by atoms with Gasteiger partial charge in [0, 0.05) is 17.6 Å². The van der Waals surface area contributed by atoms with Gasteiger partial charge in [0.05, 0.1) is 6.61 Å². The Morgan fingerprint density at radius 1 is 1.41 bits per heavy atom. The SMILES string of the molecule is Cc1cc(OCCC(N)CN(C)C)ccc1Cl. The first-order valence-electron chi connectivity index (χ1n) is 5.78. The van der Waals surface area contributed by atoms with Crippen LogP contribution in [0.3, 0.4) is 0 Å². The van der Waals surface area contributed by atoms with Crippen LogP contribution in [0.2, 0.25) is 5.02 Å². The Morgan fingerprint density at radius 3 is 2.71 bits per heavy atom. The first-order valence-corrected chi connectivity index (χ1v) is 6.16. The van der Waals surface area contributed by atoms with Gasteiger partial charge >= 0.3 is 0 Å². The van der Waals surface area contributed by atoms with Crippen LogP contribution in [0, 0.1) is 6.92 Å². The first kappa shape index (κ1) is 14.3. The second-order valence-corrected chi connectivity index (χ2v) is 4.98. The summed E-state index contributed by atoms with van der Waals surface area (Å²) >= 11 is 5.94. The van der Waals surface area contributed by atoms with Crippen molar-refractivity contribution in [1.29, 1.82) is 0 Å². The maximum Gasteiger partial charge on any atom is 0.119 e. The summed E-state index contributed by atoms with van der Waals surface area (Å²) in [4.78, 5) is 2.08. The molecule has 17 heavy (non-hydrogen) atoms. The van der Waals surface area contributed by atoms with Gasteiger partial charge in [-0.2, -0.15) is 0 Å². The molecule has 0 saturated heterocycles. The van der Waals surface area contributed by atoms with Gasteiger partial charge in [-0.25, -0.2) is 0 Å². The molecule has 0 aliphatic carbocycles. The third kappa shape index (κ3) is 5.39. The van der Waals surface area contributed by atoms with E-state index in [0.29, 0.717) is 6.61 Å². The van der Waals surface area contributed by atoms with E-state index in [2.05, 4.69) is 4.90 Å². The highest BCUT2D eigenvalue weighted by Crippen LogP contribution is 2.21. The van der Waals surface area contributed by atoms with E-state index in [4.69, 9.17) is 22.1 Å². The molecule has 2 N–H and O–H groups in total. The van der Waals surface area contributed by atoms with Crippen molar-refractivity contribution >= 4 is 11.6 Å². The molecular weight excluding hydrogens is 236 g/mol. The summed E-state index contributed by atoms with van der Waals surface area (Å²) in [7, 11) is 4.03. The van der Waals surface area contributed by atoms with Gasteiger partial charge in [0.25, 0.3) is 0 Å². The Hall–Kier alpha value is -0.770. The van der Waals surface area contributed by atoms with E-state index >= 15 is 0 Å². The largest absolute Gasteiger partial charge is 0.494 e. The Morgan fingerprint density at radius 2 is 2.12 bits per heavy atom. The number of benzene rings is 1. The van der Waals surface area contributed by atoms with Crippen LogP contribution in [-0.4, -0.2) is 38.2 Å². The number of rotatable bonds is 6. The number of hydrogen-bond acceptors (Lipinski definition) is 3. The third-order valence-electron chi connectivity index (χ3n) is 2.49. The third-order valence-corrected chi connectivity index (χ3v) is 2.91. The van der Waals surface area contributed by atoms with Crippen LogP contribution in [0.1, 0.15) is 12.0 Å². The van der Waals surface area contributed by atoms with E-state index in [1.165, 1.54) is 0 Å². The van der Waals surface area contributed by atoms with Crippen LogP contribution < -0.4 is 10.5 Å². The normalized spacial score (nSPS) is 12.8. The highest BCUT2D eigenvalue weighted by atomic mass is 35.5. The van der Waals surface area contributed by atoms with E-state index in [1.807, 2.05) is 39.2 Å². The minimum Gasteiger partial charge on any atom is -0.494 e. The molecule has 1 aromatic rings. The van der Waals surface area contributed by atoms with Crippen molar-refractivity contribution in [1.82, 2.24) is 4.90 Å². The standard InChI is InChI=1S/C13H21ClN2O/c1-10-8-12(4-5-13(10)14)17-7-6-11(15)9-16(2)3/h4-5,8,11H,6-7,9,15H2,1-3H3. The van der Waals surface area contributed by atoms with E-state index in [0.717, 1.165) is 29.3 Å². The molecule has 0 spiro atoms. The average Bonchev–Trinajstić information content (AvgIpc) is 2.22. The minimum absolute atomic E-state index is 0.151. The Kier molecular flexibility index (Phi) is 5.75. The summed E-state index contributed by atoms with van der Waals surface area (Å²) in [5, 5.41) is 0.765. The molecule has 96 valence electrons. The van der Waals surface area contributed by atoms with Crippen molar-refractivity contribution in [2.24, 2.45) is 5.73 Å². The van der Waals surface area contributed by atoms with E-state index in [-0.39, 0.29) is 6.04 Å². The molecule has 0 fully saturated rings. The first-order chi connectivity index (χ1) is 7.99. The van der Waals surface area contributed by atoms with Crippen LogP contribution in [0.4, 0.5) is 0 Å². The van der Waals surface area contributed by atoms with Gasteiger partial charge in [-0.1, -0.05) is 11.6 Å².